The summed E-state index contributed by atoms with van der Waals surface area (Å²) in [5, 5.41) is 21.0. The topological polar surface area (TPSA) is 80.4 Å². The molecule has 106 valence electrons. The Morgan fingerprint density at radius 3 is 2.50 bits per heavy atom. The number of benzene rings is 1. The Morgan fingerprint density at radius 2 is 1.95 bits per heavy atom. The second-order valence-electron chi connectivity index (χ2n) is 5.83. The van der Waals surface area contributed by atoms with Gasteiger partial charge in [-0.1, -0.05) is 19.9 Å². The molecule has 1 aliphatic rings. The van der Waals surface area contributed by atoms with Crippen LogP contribution in [0.5, 0.6) is 0 Å². The van der Waals surface area contributed by atoms with Crippen molar-refractivity contribution in [2.75, 3.05) is 0 Å². The van der Waals surface area contributed by atoms with E-state index in [9.17, 15) is 20.0 Å². The normalized spacial score (nSPS) is 22.6. The number of hydrogen-bond acceptors (Lipinski definition) is 4. The Balaban J connectivity index is 2.22. The van der Waals surface area contributed by atoms with Crippen LogP contribution in [0.3, 0.4) is 0 Å². The zero-order chi connectivity index (χ0) is 14.9. The van der Waals surface area contributed by atoms with Crippen molar-refractivity contribution in [2.24, 2.45) is 11.3 Å². The molecule has 2 atom stereocenters. The van der Waals surface area contributed by atoms with Crippen LogP contribution in [0.2, 0.25) is 0 Å². The van der Waals surface area contributed by atoms with Gasteiger partial charge < -0.3 is 5.11 Å². The Labute approximate surface area is 117 Å². The molecule has 0 fully saturated rings. The summed E-state index contributed by atoms with van der Waals surface area (Å²) in [7, 11) is 0. The quantitative estimate of drug-likeness (QED) is 0.679. The Morgan fingerprint density at radius 1 is 1.35 bits per heavy atom. The third-order valence-electron chi connectivity index (χ3n) is 3.64. The molecule has 0 aromatic heterocycles. The van der Waals surface area contributed by atoms with Crippen LogP contribution in [0, 0.1) is 21.4 Å². The first-order chi connectivity index (χ1) is 9.30. The van der Waals surface area contributed by atoms with Crippen LogP contribution in [0.4, 0.5) is 5.69 Å². The number of allylic oxidation sites excluding steroid dienone is 2. The van der Waals surface area contributed by atoms with Gasteiger partial charge in [0.25, 0.3) is 5.69 Å². The van der Waals surface area contributed by atoms with Gasteiger partial charge >= 0.3 is 0 Å². The van der Waals surface area contributed by atoms with Crippen LogP contribution in [-0.2, 0) is 4.79 Å². The maximum Gasteiger partial charge on any atom is 0.269 e. The van der Waals surface area contributed by atoms with E-state index >= 15 is 0 Å². The molecule has 0 spiro atoms. The first kappa shape index (κ1) is 14.4. The van der Waals surface area contributed by atoms with Gasteiger partial charge in [0.1, 0.15) is 0 Å². The van der Waals surface area contributed by atoms with Crippen molar-refractivity contribution >= 4 is 11.5 Å². The van der Waals surface area contributed by atoms with E-state index < -0.39 is 16.9 Å². The molecule has 0 amide bonds. The number of ketones is 1. The van der Waals surface area contributed by atoms with Crippen molar-refractivity contribution in [3.8, 4) is 0 Å². The summed E-state index contributed by atoms with van der Waals surface area (Å²) in [6.07, 6.45) is 2.99. The van der Waals surface area contributed by atoms with E-state index in [2.05, 4.69) is 0 Å². The molecule has 0 bridgehead atoms. The average molecular weight is 275 g/mol. The number of hydrogen-bond donors (Lipinski definition) is 1. The van der Waals surface area contributed by atoms with Crippen LogP contribution in [0.25, 0.3) is 0 Å². The predicted octanol–water partition coefficient (Wildman–Crippen LogP) is 2.80. The Kier molecular flexibility index (Phi) is 3.72. The number of carbonyl (C=O) groups is 1. The van der Waals surface area contributed by atoms with Gasteiger partial charge in [-0.05, 0) is 35.6 Å². The Hall–Kier alpha value is -2.01. The Bertz CT molecular complexity index is 560. The summed E-state index contributed by atoms with van der Waals surface area (Å²) in [5.74, 6) is -0.605. The fraction of sp³-hybridized carbons (Fsp3) is 0.400. The van der Waals surface area contributed by atoms with Crippen LogP contribution >= 0.6 is 0 Å². The first-order valence-electron chi connectivity index (χ1n) is 6.46. The molecular formula is C15H17NO4. The number of nitro groups is 1. The highest BCUT2D eigenvalue weighted by Crippen LogP contribution is 2.38. The highest BCUT2D eigenvalue weighted by molar-refractivity contribution is 5.93. The van der Waals surface area contributed by atoms with Crippen molar-refractivity contribution in [3.63, 3.8) is 0 Å². The average Bonchev–Trinajstić information content (AvgIpc) is 2.41. The van der Waals surface area contributed by atoms with E-state index in [-0.39, 0.29) is 16.9 Å². The molecule has 0 saturated carbocycles. The summed E-state index contributed by atoms with van der Waals surface area (Å²) in [4.78, 5) is 22.0. The second-order valence-corrected chi connectivity index (χ2v) is 5.83. The lowest BCUT2D eigenvalue weighted by Gasteiger charge is -2.32. The van der Waals surface area contributed by atoms with Gasteiger partial charge in [-0.15, -0.1) is 0 Å². The minimum atomic E-state index is -0.937. The third kappa shape index (κ3) is 2.93. The van der Waals surface area contributed by atoms with Crippen molar-refractivity contribution < 1.29 is 14.8 Å². The number of aliphatic hydroxyl groups excluding tert-OH is 1. The maximum atomic E-state index is 11.9. The number of rotatable bonds is 3. The van der Waals surface area contributed by atoms with Gasteiger partial charge in [-0.3, -0.25) is 14.9 Å². The summed E-state index contributed by atoms with van der Waals surface area (Å²) in [6, 6.07) is 5.68. The van der Waals surface area contributed by atoms with Crippen molar-refractivity contribution in [3.05, 3.63) is 52.1 Å². The van der Waals surface area contributed by atoms with Gasteiger partial charge in [0.05, 0.1) is 16.9 Å². The minimum Gasteiger partial charge on any atom is -0.388 e. The van der Waals surface area contributed by atoms with E-state index in [1.165, 1.54) is 30.3 Å². The fourth-order valence-electron chi connectivity index (χ4n) is 2.46. The molecule has 1 aromatic carbocycles. The molecule has 0 heterocycles. The summed E-state index contributed by atoms with van der Waals surface area (Å²) in [5.41, 5.74) is 0.358. The monoisotopic (exact) mass is 275 g/mol. The molecule has 20 heavy (non-hydrogen) atoms. The van der Waals surface area contributed by atoms with Gasteiger partial charge in [0.2, 0.25) is 0 Å². The van der Waals surface area contributed by atoms with Crippen molar-refractivity contribution in [1.82, 2.24) is 0 Å². The van der Waals surface area contributed by atoms with Crippen LogP contribution in [-0.4, -0.2) is 15.8 Å². The first-order valence-corrected chi connectivity index (χ1v) is 6.46. The largest absolute Gasteiger partial charge is 0.388 e. The van der Waals surface area contributed by atoms with Gasteiger partial charge in [0.15, 0.2) is 5.78 Å². The fourth-order valence-corrected chi connectivity index (χ4v) is 2.46. The highest BCUT2D eigenvalue weighted by atomic mass is 16.6. The van der Waals surface area contributed by atoms with Crippen LogP contribution < -0.4 is 0 Å². The molecular weight excluding hydrogens is 258 g/mol. The lowest BCUT2D eigenvalue weighted by atomic mass is 9.73. The summed E-state index contributed by atoms with van der Waals surface area (Å²) in [6.45, 7) is 4.01. The molecule has 1 aromatic rings. The lowest BCUT2D eigenvalue weighted by molar-refractivity contribution is -0.384. The van der Waals surface area contributed by atoms with E-state index in [4.69, 9.17) is 0 Å². The summed E-state index contributed by atoms with van der Waals surface area (Å²) < 4.78 is 0. The molecule has 0 radical (unpaired) electrons. The molecule has 5 heteroatoms. The van der Waals surface area contributed by atoms with Gasteiger partial charge in [-0.25, -0.2) is 0 Å². The van der Waals surface area contributed by atoms with E-state index in [1.54, 1.807) is 0 Å². The zero-order valence-corrected chi connectivity index (χ0v) is 11.4. The number of non-ortho nitro benzene ring substituents is 1. The van der Waals surface area contributed by atoms with E-state index in [0.29, 0.717) is 12.0 Å². The molecule has 0 saturated heterocycles. The van der Waals surface area contributed by atoms with Gasteiger partial charge in [-0.2, -0.15) is 0 Å². The standard InChI is InChI=1S/C15H17NO4/c1-15(2)8-7-13(17)12(9-15)14(18)10-3-5-11(6-4-10)16(19)20/h3-8,12,14,18H,9H2,1-2H3. The smallest absolute Gasteiger partial charge is 0.269 e. The molecule has 2 unspecified atom stereocenters. The van der Waals surface area contributed by atoms with Crippen molar-refractivity contribution in [1.29, 1.82) is 0 Å². The predicted molar refractivity (Wildman–Crippen MR) is 74.1 cm³/mol. The minimum absolute atomic E-state index is 0.0313. The molecule has 1 aliphatic carbocycles. The SMILES string of the molecule is CC1(C)C=CC(=O)C(C(O)c2ccc([N+](=O)[O-])cc2)C1. The second kappa shape index (κ2) is 5.17. The molecule has 5 nitrogen and oxygen atoms in total. The number of carbonyl (C=O) groups excluding carboxylic acids is 1. The third-order valence-corrected chi connectivity index (χ3v) is 3.64. The molecule has 2 rings (SSSR count). The molecule has 0 aliphatic heterocycles. The van der Waals surface area contributed by atoms with E-state index in [1.807, 2.05) is 19.9 Å². The lowest BCUT2D eigenvalue weighted by Crippen LogP contribution is -2.30. The van der Waals surface area contributed by atoms with E-state index in [0.717, 1.165) is 0 Å². The zero-order valence-electron chi connectivity index (χ0n) is 11.4. The number of nitrogens with zero attached hydrogens (tertiary/aromatic N) is 1. The molecule has 1 N–H and O–H groups in total. The van der Waals surface area contributed by atoms with Gasteiger partial charge in [0, 0.05) is 12.1 Å². The van der Waals surface area contributed by atoms with Crippen LogP contribution in [0.15, 0.2) is 36.4 Å². The maximum absolute atomic E-state index is 11.9. The van der Waals surface area contributed by atoms with Crippen molar-refractivity contribution in [2.45, 2.75) is 26.4 Å². The highest BCUT2D eigenvalue weighted by Gasteiger charge is 2.34. The number of aliphatic hydroxyl groups is 1. The summed E-state index contributed by atoms with van der Waals surface area (Å²) >= 11 is 0. The number of nitro benzene ring substituents is 1. The van der Waals surface area contributed by atoms with Crippen LogP contribution in [0.1, 0.15) is 31.9 Å².